The molecule has 2 heteroatoms. The average Bonchev–Trinajstić information content (AvgIpc) is 2.68. The molecule has 1 saturated carbocycles. The van der Waals surface area contributed by atoms with Gasteiger partial charge in [-0.1, -0.05) is 37.8 Å². The number of hydrogen-bond acceptors (Lipinski definition) is 2. The molecule has 1 aliphatic carbocycles. The van der Waals surface area contributed by atoms with Crippen LogP contribution in [0.5, 0.6) is 5.75 Å². The Kier molecular flexibility index (Phi) is 6.12. The Labute approximate surface area is 151 Å². The van der Waals surface area contributed by atoms with Gasteiger partial charge in [0, 0.05) is 5.56 Å². The fourth-order valence-corrected chi connectivity index (χ4v) is 3.74. The number of pyridine rings is 1. The molecule has 1 aromatic carbocycles. The van der Waals surface area contributed by atoms with E-state index in [0.717, 1.165) is 28.8 Å². The quantitative estimate of drug-likeness (QED) is 0.683. The second kappa shape index (κ2) is 8.72. The highest BCUT2D eigenvalue weighted by molar-refractivity contribution is 5.42. The van der Waals surface area contributed by atoms with Crippen LogP contribution in [-0.2, 0) is 0 Å². The van der Waals surface area contributed by atoms with E-state index in [9.17, 15) is 0 Å². The maximum Gasteiger partial charge on any atom is 0.137 e. The van der Waals surface area contributed by atoms with E-state index in [2.05, 4.69) is 48.0 Å². The molecule has 3 rings (SSSR count). The van der Waals surface area contributed by atoms with E-state index in [4.69, 9.17) is 4.74 Å². The van der Waals surface area contributed by atoms with Crippen molar-refractivity contribution in [3.05, 3.63) is 59.4 Å². The molecule has 1 heterocycles. The van der Waals surface area contributed by atoms with Gasteiger partial charge in [0.25, 0.3) is 0 Å². The molecule has 0 saturated heterocycles. The molecule has 0 spiro atoms. The molecule has 0 unspecified atom stereocenters. The van der Waals surface area contributed by atoms with Gasteiger partial charge in [-0.15, -0.1) is 0 Å². The molecule has 0 bridgehead atoms. The number of nitrogens with zero attached hydrogens (tertiary/aromatic N) is 1. The highest BCUT2D eigenvalue weighted by atomic mass is 16.5. The summed E-state index contributed by atoms with van der Waals surface area (Å²) in [6.45, 7) is 2.30. The largest absolute Gasteiger partial charge is 0.495 e. The zero-order chi connectivity index (χ0) is 17.5. The van der Waals surface area contributed by atoms with Gasteiger partial charge in [-0.3, -0.25) is 0 Å². The maximum absolute atomic E-state index is 5.11. The number of hydrogen-bond donors (Lipinski definition) is 0. The van der Waals surface area contributed by atoms with Gasteiger partial charge in [-0.2, -0.15) is 0 Å². The van der Waals surface area contributed by atoms with Gasteiger partial charge in [-0.25, -0.2) is 4.98 Å². The first-order valence-corrected chi connectivity index (χ1v) is 9.40. The van der Waals surface area contributed by atoms with E-state index in [0.29, 0.717) is 0 Å². The Balaban J connectivity index is 1.60. The van der Waals surface area contributed by atoms with E-state index in [-0.39, 0.29) is 0 Å². The molecule has 2 nitrogen and oxygen atoms in total. The van der Waals surface area contributed by atoms with Crippen LogP contribution in [-0.4, -0.2) is 12.1 Å². The first-order chi connectivity index (χ1) is 12.3. The van der Waals surface area contributed by atoms with Crippen molar-refractivity contribution in [3.63, 3.8) is 0 Å². The lowest BCUT2D eigenvalue weighted by Crippen LogP contribution is -2.13. The predicted octanol–water partition coefficient (Wildman–Crippen LogP) is 5.56. The SMILES string of the molecule is CCC[C@H]1CC[C@H](c2ccc(C#Cc3ccc(OC)cn3)cc2)CC1. The molecule has 0 aliphatic heterocycles. The van der Waals surface area contributed by atoms with E-state index in [1.807, 2.05) is 12.1 Å². The summed E-state index contributed by atoms with van der Waals surface area (Å²) in [6.07, 6.45) is 9.89. The first-order valence-electron chi connectivity index (χ1n) is 9.40. The highest BCUT2D eigenvalue weighted by Gasteiger charge is 2.21. The Hall–Kier alpha value is -2.27. The summed E-state index contributed by atoms with van der Waals surface area (Å²) >= 11 is 0. The molecule has 2 aromatic rings. The topological polar surface area (TPSA) is 22.1 Å². The van der Waals surface area contributed by atoms with Crippen molar-refractivity contribution in [2.75, 3.05) is 7.11 Å². The second-order valence-corrected chi connectivity index (χ2v) is 6.96. The fraction of sp³-hybridized carbons (Fsp3) is 0.435. The Bertz CT molecular complexity index is 713. The molecular weight excluding hydrogens is 306 g/mol. The lowest BCUT2D eigenvalue weighted by molar-refractivity contribution is 0.308. The van der Waals surface area contributed by atoms with Gasteiger partial charge >= 0.3 is 0 Å². The van der Waals surface area contributed by atoms with Crippen LogP contribution in [0, 0.1) is 17.8 Å². The van der Waals surface area contributed by atoms with Gasteiger partial charge in [0.1, 0.15) is 11.4 Å². The molecule has 25 heavy (non-hydrogen) atoms. The van der Waals surface area contributed by atoms with Crippen LogP contribution >= 0.6 is 0 Å². The average molecular weight is 333 g/mol. The number of methoxy groups -OCH3 is 1. The van der Waals surface area contributed by atoms with Crippen molar-refractivity contribution >= 4 is 0 Å². The standard InChI is InChI=1S/C23H27NO/c1-3-4-18-5-10-20(11-6-18)21-12-7-19(8-13-21)9-14-22-15-16-23(25-2)17-24-22/h7-8,12-13,15-18,20H,3-6,10-11H2,1-2H3/t18-,20-. The third-order valence-corrected chi connectivity index (χ3v) is 5.23. The van der Waals surface area contributed by atoms with Crippen LogP contribution in [0.1, 0.15) is 68.2 Å². The van der Waals surface area contributed by atoms with Crippen molar-refractivity contribution in [1.82, 2.24) is 4.98 Å². The van der Waals surface area contributed by atoms with E-state index >= 15 is 0 Å². The van der Waals surface area contributed by atoms with Crippen molar-refractivity contribution < 1.29 is 4.74 Å². The Morgan fingerprint density at radius 2 is 1.76 bits per heavy atom. The first kappa shape index (κ1) is 17.5. The lowest BCUT2D eigenvalue weighted by atomic mass is 9.77. The summed E-state index contributed by atoms with van der Waals surface area (Å²) in [5.74, 6) is 8.76. The number of aromatic nitrogens is 1. The van der Waals surface area contributed by atoms with Crippen LogP contribution in [0.25, 0.3) is 0 Å². The molecule has 1 aromatic heterocycles. The van der Waals surface area contributed by atoms with Crippen molar-refractivity contribution in [2.45, 2.75) is 51.4 Å². The van der Waals surface area contributed by atoms with Gasteiger partial charge in [-0.05, 0) is 73.3 Å². The molecule has 0 N–H and O–H groups in total. The smallest absolute Gasteiger partial charge is 0.137 e. The number of ether oxygens (including phenoxy) is 1. The molecule has 0 radical (unpaired) electrons. The van der Waals surface area contributed by atoms with Gasteiger partial charge in [0.15, 0.2) is 0 Å². The number of rotatable bonds is 4. The Morgan fingerprint density at radius 3 is 2.36 bits per heavy atom. The third-order valence-electron chi connectivity index (χ3n) is 5.23. The van der Waals surface area contributed by atoms with Gasteiger partial charge < -0.3 is 4.74 Å². The monoisotopic (exact) mass is 333 g/mol. The summed E-state index contributed by atoms with van der Waals surface area (Å²) in [5.41, 5.74) is 3.28. The van der Waals surface area contributed by atoms with Gasteiger partial charge in [0.2, 0.25) is 0 Å². The zero-order valence-electron chi connectivity index (χ0n) is 15.3. The fourth-order valence-electron chi connectivity index (χ4n) is 3.74. The summed E-state index contributed by atoms with van der Waals surface area (Å²) in [4.78, 5) is 4.28. The van der Waals surface area contributed by atoms with Crippen molar-refractivity contribution in [2.24, 2.45) is 5.92 Å². The zero-order valence-corrected chi connectivity index (χ0v) is 15.3. The normalized spacial score (nSPS) is 19.8. The molecule has 0 amide bonds. The number of benzene rings is 1. The van der Waals surface area contributed by atoms with Crippen LogP contribution < -0.4 is 4.74 Å². The predicted molar refractivity (Wildman–Crippen MR) is 103 cm³/mol. The van der Waals surface area contributed by atoms with E-state index in [1.54, 1.807) is 13.3 Å². The summed E-state index contributed by atoms with van der Waals surface area (Å²) in [7, 11) is 1.64. The maximum atomic E-state index is 5.11. The summed E-state index contributed by atoms with van der Waals surface area (Å²) in [5, 5.41) is 0. The van der Waals surface area contributed by atoms with Crippen LogP contribution in [0.2, 0.25) is 0 Å². The summed E-state index contributed by atoms with van der Waals surface area (Å²) < 4.78 is 5.11. The lowest BCUT2D eigenvalue weighted by Gasteiger charge is -2.28. The molecule has 0 atom stereocenters. The van der Waals surface area contributed by atoms with Crippen molar-refractivity contribution in [1.29, 1.82) is 0 Å². The minimum atomic E-state index is 0.735. The summed E-state index contributed by atoms with van der Waals surface area (Å²) in [6, 6.07) is 12.6. The van der Waals surface area contributed by atoms with Gasteiger partial charge in [0.05, 0.1) is 13.3 Å². The van der Waals surface area contributed by atoms with Crippen LogP contribution in [0.3, 0.4) is 0 Å². The molecule has 1 aliphatic rings. The van der Waals surface area contributed by atoms with Crippen molar-refractivity contribution in [3.8, 4) is 17.6 Å². The Morgan fingerprint density at radius 1 is 1.00 bits per heavy atom. The highest BCUT2D eigenvalue weighted by Crippen LogP contribution is 2.37. The molecule has 130 valence electrons. The molecule has 1 fully saturated rings. The van der Waals surface area contributed by atoms with Crippen LogP contribution in [0.4, 0.5) is 0 Å². The minimum Gasteiger partial charge on any atom is -0.495 e. The van der Waals surface area contributed by atoms with E-state index in [1.165, 1.54) is 44.1 Å². The minimum absolute atomic E-state index is 0.735. The molecular formula is C23H27NO. The van der Waals surface area contributed by atoms with E-state index < -0.39 is 0 Å². The third kappa shape index (κ3) is 4.86. The van der Waals surface area contributed by atoms with Crippen LogP contribution in [0.15, 0.2) is 42.6 Å². The second-order valence-electron chi connectivity index (χ2n) is 6.96.